The summed E-state index contributed by atoms with van der Waals surface area (Å²) in [6.45, 7) is 2.61. The average Bonchev–Trinajstić information content (AvgIpc) is 2.75. The molecule has 0 atom stereocenters. The van der Waals surface area contributed by atoms with Crippen molar-refractivity contribution in [3.63, 3.8) is 0 Å². The summed E-state index contributed by atoms with van der Waals surface area (Å²) in [5.41, 5.74) is 7.37. The van der Waals surface area contributed by atoms with Gasteiger partial charge in [-0.3, -0.25) is 4.98 Å². The molecule has 5 nitrogen and oxygen atoms in total. The maximum Gasteiger partial charge on any atom is 0.227 e. The highest BCUT2D eigenvalue weighted by Crippen LogP contribution is 2.15. The van der Waals surface area contributed by atoms with Gasteiger partial charge in [0.05, 0.1) is 0 Å². The summed E-state index contributed by atoms with van der Waals surface area (Å²) in [7, 11) is 0. The Balaban J connectivity index is 2.18. The molecule has 0 saturated carbocycles. The van der Waals surface area contributed by atoms with Crippen molar-refractivity contribution in [1.82, 2.24) is 15.1 Å². The second-order valence-electron chi connectivity index (χ2n) is 3.65. The zero-order valence-electron chi connectivity index (χ0n) is 9.18. The van der Waals surface area contributed by atoms with Gasteiger partial charge in [0, 0.05) is 24.4 Å². The lowest BCUT2D eigenvalue weighted by molar-refractivity contribution is 0.376. The van der Waals surface area contributed by atoms with Gasteiger partial charge in [-0.05, 0) is 31.5 Å². The zero-order valence-corrected chi connectivity index (χ0v) is 9.18. The van der Waals surface area contributed by atoms with Crippen molar-refractivity contribution in [3.8, 4) is 11.4 Å². The first-order valence-electron chi connectivity index (χ1n) is 5.24. The summed E-state index contributed by atoms with van der Waals surface area (Å²) in [5, 5.41) is 3.91. The third-order valence-electron chi connectivity index (χ3n) is 2.20. The lowest BCUT2D eigenvalue weighted by Gasteiger charge is -1.94. The molecule has 0 saturated heterocycles. The molecule has 2 aromatic rings. The Morgan fingerprint density at radius 3 is 3.00 bits per heavy atom. The minimum Gasteiger partial charge on any atom is -0.339 e. The van der Waals surface area contributed by atoms with Crippen LogP contribution in [0.25, 0.3) is 11.4 Å². The first-order chi connectivity index (χ1) is 7.79. The number of rotatable bonds is 4. The molecule has 16 heavy (non-hydrogen) atoms. The van der Waals surface area contributed by atoms with E-state index in [0.29, 0.717) is 18.3 Å². The topological polar surface area (TPSA) is 77.8 Å². The van der Waals surface area contributed by atoms with Crippen LogP contribution >= 0.6 is 0 Å². The molecule has 2 rings (SSSR count). The van der Waals surface area contributed by atoms with E-state index in [-0.39, 0.29) is 0 Å². The minimum atomic E-state index is 0.586. The Morgan fingerprint density at radius 1 is 1.38 bits per heavy atom. The Bertz CT molecular complexity index is 467. The van der Waals surface area contributed by atoms with Crippen LogP contribution in [0.1, 0.15) is 17.9 Å². The van der Waals surface area contributed by atoms with E-state index >= 15 is 0 Å². The maximum absolute atomic E-state index is 5.41. The molecule has 2 aromatic heterocycles. The predicted molar refractivity (Wildman–Crippen MR) is 59.6 cm³/mol. The second kappa shape index (κ2) is 4.85. The van der Waals surface area contributed by atoms with Gasteiger partial charge in [0.2, 0.25) is 11.7 Å². The van der Waals surface area contributed by atoms with Crippen molar-refractivity contribution in [1.29, 1.82) is 0 Å². The fourth-order valence-corrected chi connectivity index (χ4v) is 1.40. The molecule has 0 fully saturated rings. The summed E-state index contributed by atoms with van der Waals surface area (Å²) in [6, 6.07) is 1.98. The molecule has 0 bridgehead atoms. The number of nitrogens with two attached hydrogens (primary N) is 1. The molecule has 0 unspecified atom stereocenters. The van der Waals surface area contributed by atoms with Crippen molar-refractivity contribution in [2.75, 3.05) is 6.54 Å². The Labute approximate surface area is 93.7 Å². The van der Waals surface area contributed by atoms with E-state index < -0.39 is 0 Å². The molecule has 0 aliphatic rings. The summed E-state index contributed by atoms with van der Waals surface area (Å²) in [4.78, 5) is 8.38. The van der Waals surface area contributed by atoms with E-state index in [0.717, 1.165) is 24.0 Å². The molecule has 84 valence electrons. The molecular weight excluding hydrogens is 204 g/mol. The Hall–Kier alpha value is -1.75. The SMILES string of the molecule is Cc1cncc(-c2noc(CCCN)n2)c1. The van der Waals surface area contributed by atoms with Crippen LogP contribution in [0.3, 0.4) is 0 Å². The van der Waals surface area contributed by atoms with Gasteiger partial charge in [-0.2, -0.15) is 4.98 Å². The predicted octanol–water partition coefficient (Wildman–Crippen LogP) is 1.33. The van der Waals surface area contributed by atoms with E-state index in [4.69, 9.17) is 10.3 Å². The van der Waals surface area contributed by atoms with Crippen molar-refractivity contribution >= 4 is 0 Å². The second-order valence-corrected chi connectivity index (χ2v) is 3.65. The van der Waals surface area contributed by atoms with Crippen molar-refractivity contribution in [2.45, 2.75) is 19.8 Å². The number of aryl methyl sites for hydroxylation is 2. The molecule has 0 radical (unpaired) electrons. The molecule has 0 spiro atoms. The Morgan fingerprint density at radius 2 is 2.25 bits per heavy atom. The maximum atomic E-state index is 5.41. The highest BCUT2D eigenvalue weighted by molar-refractivity contribution is 5.53. The summed E-state index contributed by atoms with van der Waals surface area (Å²) in [6.07, 6.45) is 5.10. The molecule has 2 heterocycles. The third-order valence-corrected chi connectivity index (χ3v) is 2.20. The van der Waals surface area contributed by atoms with Crippen LogP contribution in [-0.2, 0) is 6.42 Å². The van der Waals surface area contributed by atoms with E-state index in [2.05, 4.69) is 15.1 Å². The minimum absolute atomic E-state index is 0.586. The van der Waals surface area contributed by atoms with Crippen molar-refractivity contribution in [3.05, 3.63) is 29.9 Å². The number of nitrogens with zero attached hydrogens (tertiary/aromatic N) is 3. The Kier molecular flexibility index (Phi) is 3.26. The number of pyridine rings is 1. The summed E-state index contributed by atoms with van der Waals surface area (Å²) >= 11 is 0. The average molecular weight is 218 g/mol. The molecule has 0 aromatic carbocycles. The van der Waals surface area contributed by atoms with Crippen LogP contribution in [0.2, 0.25) is 0 Å². The lowest BCUT2D eigenvalue weighted by atomic mass is 10.2. The first-order valence-corrected chi connectivity index (χ1v) is 5.24. The number of aromatic nitrogens is 3. The van der Waals surface area contributed by atoms with Crippen molar-refractivity contribution in [2.24, 2.45) is 5.73 Å². The van der Waals surface area contributed by atoms with Crippen LogP contribution in [0.5, 0.6) is 0 Å². The van der Waals surface area contributed by atoms with Crippen LogP contribution in [0.4, 0.5) is 0 Å². The van der Waals surface area contributed by atoms with Gasteiger partial charge < -0.3 is 10.3 Å². The van der Waals surface area contributed by atoms with E-state index in [1.54, 1.807) is 12.4 Å². The summed E-state index contributed by atoms with van der Waals surface area (Å²) < 4.78 is 5.12. The van der Waals surface area contributed by atoms with Gasteiger partial charge in [0.1, 0.15) is 0 Å². The van der Waals surface area contributed by atoms with Crippen molar-refractivity contribution < 1.29 is 4.52 Å². The van der Waals surface area contributed by atoms with Crippen LogP contribution in [-0.4, -0.2) is 21.7 Å². The third kappa shape index (κ3) is 2.43. The lowest BCUT2D eigenvalue weighted by Crippen LogP contribution is -2.00. The van der Waals surface area contributed by atoms with Gasteiger partial charge in [0.15, 0.2) is 0 Å². The highest BCUT2D eigenvalue weighted by Gasteiger charge is 2.08. The molecule has 0 aliphatic carbocycles. The number of hydrogen-bond acceptors (Lipinski definition) is 5. The smallest absolute Gasteiger partial charge is 0.227 e. The molecule has 0 aliphatic heterocycles. The molecule has 0 amide bonds. The standard InChI is InChI=1S/C11H14N4O/c1-8-5-9(7-13-6-8)11-14-10(16-15-11)3-2-4-12/h5-7H,2-4,12H2,1H3. The normalized spacial score (nSPS) is 10.6. The van der Waals surface area contributed by atoms with Crippen LogP contribution in [0.15, 0.2) is 23.0 Å². The van der Waals surface area contributed by atoms with Crippen LogP contribution in [0, 0.1) is 6.92 Å². The first kappa shape index (κ1) is 10.8. The summed E-state index contributed by atoms with van der Waals surface area (Å²) in [5.74, 6) is 1.21. The zero-order chi connectivity index (χ0) is 11.4. The van der Waals surface area contributed by atoms with Gasteiger partial charge in [-0.1, -0.05) is 5.16 Å². The van der Waals surface area contributed by atoms with E-state index in [1.807, 2.05) is 13.0 Å². The van der Waals surface area contributed by atoms with Gasteiger partial charge in [-0.15, -0.1) is 0 Å². The molecule has 2 N–H and O–H groups in total. The van der Waals surface area contributed by atoms with E-state index in [1.165, 1.54) is 0 Å². The quantitative estimate of drug-likeness (QED) is 0.837. The van der Waals surface area contributed by atoms with Gasteiger partial charge >= 0.3 is 0 Å². The molecule has 5 heteroatoms. The van der Waals surface area contributed by atoms with E-state index in [9.17, 15) is 0 Å². The van der Waals surface area contributed by atoms with Gasteiger partial charge in [0.25, 0.3) is 0 Å². The van der Waals surface area contributed by atoms with Gasteiger partial charge in [-0.25, -0.2) is 0 Å². The number of hydrogen-bond donors (Lipinski definition) is 1. The largest absolute Gasteiger partial charge is 0.339 e. The highest BCUT2D eigenvalue weighted by atomic mass is 16.5. The monoisotopic (exact) mass is 218 g/mol. The van der Waals surface area contributed by atoms with Crippen LogP contribution < -0.4 is 5.73 Å². The molecular formula is C11H14N4O. The fraction of sp³-hybridized carbons (Fsp3) is 0.364. The fourth-order valence-electron chi connectivity index (χ4n) is 1.40.